The Morgan fingerprint density at radius 2 is 2.25 bits per heavy atom. The fourth-order valence-corrected chi connectivity index (χ4v) is 4.44. The summed E-state index contributed by atoms with van der Waals surface area (Å²) in [5.41, 5.74) is 6.62. The van der Waals surface area contributed by atoms with Crippen LogP contribution in [0.3, 0.4) is 0 Å². The summed E-state index contributed by atoms with van der Waals surface area (Å²) < 4.78 is 32.3. The van der Waals surface area contributed by atoms with Gasteiger partial charge in [-0.2, -0.15) is 4.31 Å². The Labute approximate surface area is 119 Å². The van der Waals surface area contributed by atoms with Crippen molar-refractivity contribution in [3.8, 4) is 5.75 Å². The largest absolute Gasteiger partial charge is 0.493 e. The first kappa shape index (κ1) is 13.9. The highest BCUT2D eigenvalue weighted by Crippen LogP contribution is 2.30. The van der Waals surface area contributed by atoms with Crippen molar-refractivity contribution in [1.82, 2.24) is 4.31 Å². The lowest BCUT2D eigenvalue weighted by Gasteiger charge is -2.20. The molecular weight excluding hydrogens is 276 g/mol. The number of aryl methyl sites for hydroxylation is 1. The first-order valence-electron chi connectivity index (χ1n) is 7.07. The topological polar surface area (TPSA) is 72.6 Å². The zero-order chi connectivity index (χ0) is 14.2. The van der Waals surface area contributed by atoms with E-state index in [0.717, 1.165) is 30.6 Å². The van der Waals surface area contributed by atoms with E-state index in [4.69, 9.17) is 10.5 Å². The van der Waals surface area contributed by atoms with Gasteiger partial charge in [0.25, 0.3) is 0 Å². The molecule has 2 N–H and O–H groups in total. The molecule has 2 aliphatic heterocycles. The van der Waals surface area contributed by atoms with E-state index in [2.05, 4.69) is 0 Å². The number of rotatable bonds is 3. The van der Waals surface area contributed by atoms with Gasteiger partial charge in [-0.05, 0) is 55.5 Å². The van der Waals surface area contributed by atoms with Crippen LogP contribution in [0.1, 0.15) is 18.4 Å². The normalized spacial score (nSPS) is 23.4. The molecule has 0 bridgehead atoms. The molecule has 2 aliphatic rings. The maximum Gasteiger partial charge on any atom is 0.243 e. The first-order valence-corrected chi connectivity index (χ1v) is 8.51. The summed E-state index contributed by atoms with van der Waals surface area (Å²) in [6.07, 6.45) is 2.67. The minimum absolute atomic E-state index is 0.283. The summed E-state index contributed by atoms with van der Waals surface area (Å²) in [5.74, 6) is 1.10. The third-order valence-electron chi connectivity index (χ3n) is 4.10. The zero-order valence-corrected chi connectivity index (χ0v) is 12.2. The summed E-state index contributed by atoms with van der Waals surface area (Å²) in [4.78, 5) is 0.374. The second-order valence-electron chi connectivity index (χ2n) is 5.47. The van der Waals surface area contributed by atoms with Gasteiger partial charge < -0.3 is 10.5 Å². The highest BCUT2D eigenvalue weighted by molar-refractivity contribution is 7.89. The molecule has 0 radical (unpaired) electrons. The highest BCUT2D eigenvalue weighted by Gasteiger charge is 2.32. The maximum atomic E-state index is 12.6. The molecule has 5 nitrogen and oxygen atoms in total. The average Bonchev–Trinajstić information content (AvgIpc) is 2.96. The van der Waals surface area contributed by atoms with Crippen LogP contribution in [0.5, 0.6) is 5.75 Å². The Morgan fingerprint density at radius 1 is 1.40 bits per heavy atom. The molecule has 6 heteroatoms. The number of sulfonamides is 1. The van der Waals surface area contributed by atoms with Crippen LogP contribution in [-0.4, -0.2) is 39.0 Å². The molecule has 3 rings (SSSR count). The molecule has 0 aliphatic carbocycles. The molecule has 0 aromatic heterocycles. The van der Waals surface area contributed by atoms with Crippen LogP contribution in [0.15, 0.2) is 23.1 Å². The summed E-state index contributed by atoms with van der Waals surface area (Å²) in [5, 5.41) is 0. The number of fused-ring (bicyclic) bond motifs is 1. The molecular formula is C14H20N2O3S. The average molecular weight is 296 g/mol. The van der Waals surface area contributed by atoms with Crippen molar-refractivity contribution in [3.05, 3.63) is 23.8 Å². The lowest BCUT2D eigenvalue weighted by Crippen LogP contribution is -2.30. The zero-order valence-electron chi connectivity index (χ0n) is 11.4. The van der Waals surface area contributed by atoms with Crippen molar-refractivity contribution < 1.29 is 13.2 Å². The summed E-state index contributed by atoms with van der Waals surface area (Å²) in [6.45, 7) is 2.36. The van der Waals surface area contributed by atoms with Crippen LogP contribution >= 0.6 is 0 Å². The molecule has 0 amide bonds. The van der Waals surface area contributed by atoms with E-state index in [1.165, 1.54) is 0 Å². The lowest BCUT2D eigenvalue weighted by molar-refractivity contribution is 0.288. The van der Waals surface area contributed by atoms with E-state index in [-0.39, 0.29) is 5.92 Å². The Kier molecular flexibility index (Phi) is 3.70. The van der Waals surface area contributed by atoms with Crippen LogP contribution in [0.4, 0.5) is 0 Å². The Balaban J connectivity index is 1.88. The third-order valence-corrected chi connectivity index (χ3v) is 5.96. The van der Waals surface area contributed by atoms with E-state index >= 15 is 0 Å². The first-order chi connectivity index (χ1) is 9.61. The van der Waals surface area contributed by atoms with Gasteiger partial charge in [0.1, 0.15) is 5.75 Å². The molecule has 110 valence electrons. The van der Waals surface area contributed by atoms with E-state index in [1.54, 1.807) is 22.5 Å². The van der Waals surface area contributed by atoms with Crippen LogP contribution in [0.25, 0.3) is 0 Å². The fourth-order valence-electron chi connectivity index (χ4n) is 2.85. The van der Waals surface area contributed by atoms with Gasteiger partial charge in [0, 0.05) is 13.1 Å². The van der Waals surface area contributed by atoms with E-state index in [0.29, 0.717) is 31.1 Å². The van der Waals surface area contributed by atoms with Gasteiger partial charge in [-0.3, -0.25) is 0 Å². The van der Waals surface area contributed by atoms with Crippen molar-refractivity contribution in [3.63, 3.8) is 0 Å². The number of hydrogen-bond donors (Lipinski definition) is 1. The Hall–Kier alpha value is -1.11. The summed E-state index contributed by atoms with van der Waals surface area (Å²) >= 11 is 0. The number of nitrogens with two attached hydrogens (primary N) is 1. The number of hydrogen-bond acceptors (Lipinski definition) is 4. The smallest absolute Gasteiger partial charge is 0.243 e. The second kappa shape index (κ2) is 5.35. The number of ether oxygens (including phenoxy) is 1. The molecule has 20 heavy (non-hydrogen) atoms. The molecule has 1 aromatic carbocycles. The quantitative estimate of drug-likeness (QED) is 0.902. The van der Waals surface area contributed by atoms with E-state index in [9.17, 15) is 8.42 Å². The predicted octanol–water partition coefficient (Wildman–Crippen LogP) is 0.981. The van der Waals surface area contributed by atoms with E-state index < -0.39 is 10.0 Å². The SMILES string of the molecule is NCC1CCN(S(=O)(=O)c2ccc3c(c2)CCCO3)C1. The molecule has 1 fully saturated rings. The summed E-state index contributed by atoms with van der Waals surface area (Å²) in [6, 6.07) is 5.19. The molecule has 0 saturated carbocycles. The van der Waals surface area contributed by atoms with Gasteiger partial charge in [-0.1, -0.05) is 0 Å². The van der Waals surface area contributed by atoms with Crippen LogP contribution in [0, 0.1) is 5.92 Å². The van der Waals surface area contributed by atoms with Crippen molar-refractivity contribution in [2.75, 3.05) is 26.2 Å². The molecule has 0 spiro atoms. The van der Waals surface area contributed by atoms with Crippen LogP contribution < -0.4 is 10.5 Å². The molecule has 1 atom stereocenters. The predicted molar refractivity (Wildman–Crippen MR) is 76.2 cm³/mol. The molecule has 1 saturated heterocycles. The highest BCUT2D eigenvalue weighted by atomic mass is 32.2. The minimum atomic E-state index is -3.39. The number of benzene rings is 1. The third kappa shape index (κ3) is 2.43. The van der Waals surface area contributed by atoms with Gasteiger partial charge in [-0.15, -0.1) is 0 Å². The van der Waals surface area contributed by atoms with Gasteiger partial charge in [0.05, 0.1) is 11.5 Å². The van der Waals surface area contributed by atoms with Crippen LogP contribution in [-0.2, 0) is 16.4 Å². The molecule has 2 heterocycles. The maximum absolute atomic E-state index is 12.6. The van der Waals surface area contributed by atoms with Gasteiger partial charge in [0.15, 0.2) is 0 Å². The van der Waals surface area contributed by atoms with Crippen molar-refractivity contribution >= 4 is 10.0 Å². The number of nitrogens with zero attached hydrogens (tertiary/aromatic N) is 1. The molecule has 1 aromatic rings. The minimum Gasteiger partial charge on any atom is -0.493 e. The fraction of sp³-hybridized carbons (Fsp3) is 0.571. The molecule has 1 unspecified atom stereocenters. The van der Waals surface area contributed by atoms with Crippen LogP contribution in [0.2, 0.25) is 0 Å². The van der Waals surface area contributed by atoms with Gasteiger partial charge >= 0.3 is 0 Å². The Bertz CT molecular complexity index is 600. The van der Waals surface area contributed by atoms with Crippen molar-refractivity contribution in [1.29, 1.82) is 0 Å². The summed E-state index contributed by atoms with van der Waals surface area (Å²) in [7, 11) is -3.39. The second-order valence-corrected chi connectivity index (χ2v) is 7.41. The van der Waals surface area contributed by atoms with Gasteiger partial charge in [-0.25, -0.2) is 8.42 Å². The Morgan fingerprint density at radius 3 is 3.00 bits per heavy atom. The lowest BCUT2D eigenvalue weighted by atomic mass is 10.1. The van der Waals surface area contributed by atoms with Crippen molar-refractivity contribution in [2.24, 2.45) is 11.7 Å². The monoisotopic (exact) mass is 296 g/mol. The van der Waals surface area contributed by atoms with Gasteiger partial charge in [0.2, 0.25) is 10.0 Å². The standard InChI is InChI=1S/C14H20N2O3S/c15-9-11-5-6-16(10-11)20(17,18)13-3-4-14-12(8-13)2-1-7-19-14/h3-4,8,11H,1-2,5-7,9-10,15H2. The van der Waals surface area contributed by atoms with E-state index in [1.807, 2.05) is 0 Å². The van der Waals surface area contributed by atoms with Crippen molar-refractivity contribution in [2.45, 2.75) is 24.2 Å².